The van der Waals surface area contributed by atoms with E-state index in [2.05, 4.69) is 15.1 Å². The van der Waals surface area contributed by atoms with E-state index in [0.29, 0.717) is 6.10 Å². The van der Waals surface area contributed by atoms with Gasteiger partial charge in [-0.05, 0) is 63.2 Å². The highest BCUT2D eigenvalue weighted by Gasteiger charge is 2.27. The molecule has 0 spiro atoms. The summed E-state index contributed by atoms with van der Waals surface area (Å²) in [5.74, 6) is 2.84. The zero-order valence-corrected chi connectivity index (χ0v) is 19.9. The molecule has 1 N–H and O–H groups in total. The number of furan rings is 1. The molecule has 6 nitrogen and oxygen atoms in total. The molecule has 3 saturated heterocycles. The molecule has 4 heterocycles. The molecule has 2 unspecified atom stereocenters. The van der Waals surface area contributed by atoms with Crippen molar-refractivity contribution in [2.24, 2.45) is 10.9 Å². The third-order valence-corrected chi connectivity index (χ3v) is 6.25. The van der Waals surface area contributed by atoms with Gasteiger partial charge in [-0.15, -0.1) is 24.0 Å². The Morgan fingerprint density at radius 3 is 2.79 bits per heavy atom. The lowest BCUT2D eigenvalue weighted by Crippen LogP contribution is -2.42. The van der Waals surface area contributed by atoms with E-state index >= 15 is 0 Å². The summed E-state index contributed by atoms with van der Waals surface area (Å²) in [5.41, 5.74) is 0. The third-order valence-electron chi connectivity index (χ3n) is 6.25. The molecular formula is C22H37IN4O2. The Kier molecular flexibility index (Phi) is 9.58. The average Bonchev–Trinajstić information content (AvgIpc) is 3.48. The summed E-state index contributed by atoms with van der Waals surface area (Å²) in [4.78, 5) is 10.1. The summed E-state index contributed by atoms with van der Waals surface area (Å²) in [6.45, 7) is 8.58. The molecule has 0 radical (unpaired) electrons. The van der Waals surface area contributed by atoms with Crippen LogP contribution in [0.2, 0.25) is 0 Å². The van der Waals surface area contributed by atoms with E-state index in [1.807, 2.05) is 12.1 Å². The van der Waals surface area contributed by atoms with Gasteiger partial charge in [0.2, 0.25) is 0 Å². The van der Waals surface area contributed by atoms with Crippen molar-refractivity contribution in [3.05, 3.63) is 24.2 Å². The molecule has 4 rings (SSSR count). The van der Waals surface area contributed by atoms with Gasteiger partial charge in [0.25, 0.3) is 0 Å². The highest BCUT2D eigenvalue weighted by molar-refractivity contribution is 14.0. The van der Waals surface area contributed by atoms with Crippen LogP contribution in [0.4, 0.5) is 0 Å². The van der Waals surface area contributed by atoms with Crippen LogP contribution < -0.4 is 5.32 Å². The zero-order chi connectivity index (χ0) is 19.0. The zero-order valence-electron chi connectivity index (χ0n) is 17.6. The smallest absolute Gasteiger partial charge is 0.194 e. The van der Waals surface area contributed by atoms with Crippen molar-refractivity contribution in [1.29, 1.82) is 0 Å². The van der Waals surface area contributed by atoms with Gasteiger partial charge in [0, 0.05) is 39.2 Å². The van der Waals surface area contributed by atoms with E-state index in [9.17, 15) is 0 Å². The minimum absolute atomic E-state index is 0. The molecule has 164 valence electrons. The predicted molar refractivity (Wildman–Crippen MR) is 127 cm³/mol. The first-order valence-electron chi connectivity index (χ1n) is 11.3. The predicted octanol–water partition coefficient (Wildman–Crippen LogP) is 3.37. The summed E-state index contributed by atoms with van der Waals surface area (Å²) in [6.07, 6.45) is 10.7. The molecule has 3 aliphatic rings. The van der Waals surface area contributed by atoms with Crippen LogP contribution in [0.15, 0.2) is 27.8 Å². The second-order valence-corrected chi connectivity index (χ2v) is 8.52. The topological polar surface area (TPSA) is 53.2 Å². The Morgan fingerprint density at radius 1 is 1.14 bits per heavy atom. The van der Waals surface area contributed by atoms with E-state index in [-0.39, 0.29) is 24.0 Å². The SMILES string of the molecule is I.c1coc(CCNC(=NCC2CCCO2)N2CCC(CN3CCCCC3)C2)c1. The van der Waals surface area contributed by atoms with E-state index in [4.69, 9.17) is 14.1 Å². The molecule has 0 saturated carbocycles. The summed E-state index contributed by atoms with van der Waals surface area (Å²) in [7, 11) is 0. The molecule has 29 heavy (non-hydrogen) atoms. The number of likely N-dealkylation sites (tertiary alicyclic amines) is 2. The first-order valence-corrected chi connectivity index (χ1v) is 11.3. The van der Waals surface area contributed by atoms with Gasteiger partial charge in [-0.25, -0.2) is 0 Å². The Labute approximate surface area is 192 Å². The maximum atomic E-state index is 5.78. The van der Waals surface area contributed by atoms with Crippen molar-refractivity contribution < 1.29 is 9.15 Å². The lowest BCUT2D eigenvalue weighted by Gasteiger charge is -2.29. The number of halogens is 1. The number of ether oxygens (including phenoxy) is 1. The highest BCUT2D eigenvalue weighted by atomic mass is 127. The second-order valence-electron chi connectivity index (χ2n) is 8.52. The van der Waals surface area contributed by atoms with Crippen molar-refractivity contribution in [2.75, 3.05) is 52.4 Å². The average molecular weight is 516 g/mol. The minimum atomic E-state index is 0. The molecule has 0 aliphatic carbocycles. The number of aliphatic imine (C=N–C) groups is 1. The second kappa shape index (κ2) is 12.2. The standard InChI is InChI=1S/C22H36N4O2.HI/c1-2-11-25(12-3-1)17-19-9-13-26(18-19)22(24-16-21-7-5-15-28-21)23-10-8-20-6-4-14-27-20;/h4,6,14,19,21H,1-3,5,7-13,15-18H2,(H,23,24);1H. The molecule has 3 aliphatic heterocycles. The quantitative estimate of drug-likeness (QED) is 0.342. The van der Waals surface area contributed by atoms with Crippen molar-refractivity contribution in [2.45, 2.75) is 51.0 Å². The van der Waals surface area contributed by atoms with Crippen molar-refractivity contribution in [1.82, 2.24) is 15.1 Å². The van der Waals surface area contributed by atoms with Gasteiger partial charge in [0.15, 0.2) is 5.96 Å². The molecule has 2 atom stereocenters. The van der Waals surface area contributed by atoms with Gasteiger partial charge < -0.3 is 24.3 Å². The van der Waals surface area contributed by atoms with E-state index in [1.165, 1.54) is 51.7 Å². The molecule has 0 amide bonds. The van der Waals surface area contributed by atoms with Crippen LogP contribution in [0, 0.1) is 5.92 Å². The number of piperidine rings is 1. The van der Waals surface area contributed by atoms with Crippen molar-refractivity contribution in [3.63, 3.8) is 0 Å². The summed E-state index contributed by atoms with van der Waals surface area (Å²) < 4.78 is 11.2. The fourth-order valence-corrected chi connectivity index (χ4v) is 4.68. The lowest BCUT2D eigenvalue weighted by molar-refractivity contribution is 0.117. The monoisotopic (exact) mass is 516 g/mol. The van der Waals surface area contributed by atoms with Crippen molar-refractivity contribution in [3.8, 4) is 0 Å². The number of nitrogens with zero attached hydrogens (tertiary/aromatic N) is 3. The lowest BCUT2D eigenvalue weighted by atomic mass is 10.1. The maximum Gasteiger partial charge on any atom is 0.194 e. The van der Waals surface area contributed by atoms with Crippen LogP contribution in [0.1, 0.15) is 44.3 Å². The van der Waals surface area contributed by atoms with Crippen molar-refractivity contribution >= 4 is 29.9 Å². The largest absolute Gasteiger partial charge is 0.469 e. The number of rotatable bonds is 7. The maximum absolute atomic E-state index is 5.78. The van der Waals surface area contributed by atoms with Gasteiger partial charge in [-0.1, -0.05) is 6.42 Å². The molecule has 7 heteroatoms. The Balaban J connectivity index is 0.00000240. The third kappa shape index (κ3) is 7.14. The normalized spacial score (nSPS) is 25.9. The van der Waals surface area contributed by atoms with E-state index in [1.54, 1.807) is 6.26 Å². The number of hydrogen-bond donors (Lipinski definition) is 1. The van der Waals surface area contributed by atoms with Gasteiger partial charge in [0.1, 0.15) is 5.76 Å². The molecule has 1 aromatic rings. The highest BCUT2D eigenvalue weighted by Crippen LogP contribution is 2.20. The van der Waals surface area contributed by atoms with Crippen LogP contribution in [0.5, 0.6) is 0 Å². The Bertz CT molecular complexity index is 598. The Hall–Kier alpha value is -0.800. The fourth-order valence-electron chi connectivity index (χ4n) is 4.68. The molecule has 1 aromatic heterocycles. The van der Waals surface area contributed by atoms with E-state index in [0.717, 1.165) is 63.3 Å². The number of hydrogen-bond acceptors (Lipinski definition) is 4. The minimum Gasteiger partial charge on any atom is -0.469 e. The molecule has 3 fully saturated rings. The van der Waals surface area contributed by atoms with Crippen LogP contribution in [-0.4, -0.2) is 74.3 Å². The van der Waals surface area contributed by atoms with Crippen LogP contribution in [-0.2, 0) is 11.2 Å². The molecular weight excluding hydrogens is 479 g/mol. The number of guanidine groups is 1. The number of nitrogens with one attached hydrogen (secondary N) is 1. The molecule has 0 aromatic carbocycles. The van der Waals surface area contributed by atoms with Gasteiger partial charge >= 0.3 is 0 Å². The summed E-state index contributed by atoms with van der Waals surface area (Å²) in [6, 6.07) is 3.99. The Morgan fingerprint density at radius 2 is 2.03 bits per heavy atom. The van der Waals surface area contributed by atoms with Crippen LogP contribution >= 0.6 is 24.0 Å². The van der Waals surface area contributed by atoms with Crippen LogP contribution in [0.25, 0.3) is 0 Å². The summed E-state index contributed by atoms with van der Waals surface area (Å²) in [5, 5.41) is 3.59. The summed E-state index contributed by atoms with van der Waals surface area (Å²) >= 11 is 0. The first-order chi connectivity index (χ1) is 13.9. The van der Waals surface area contributed by atoms with Crippen LogP contribution in [0.3, 0.4) is 0 Å². The van der Waals surface area contributed by atoms with Gasteiger partial charge in [-0.2, -0.15) is 0 Å². The molecule has 0 bridgehead atoms. The van der Waals surface area contributed by atoms with Gasteiger partial charge in [0.05, 0.1) is 18.9 Å². The first kappa shape index (κ1) is 22.9. The van der Waals surface area contributed by atoms with Gasteiger partial charge in [-0.3, -0.25) is 4.99 Å². The van der Waals surface area contributed by atoms with E-state index < -0.39 is 0 Å². The fraction of sp³-hybridized carbons (Fsp3) is 0.773.